The molecule has 0 aliphatic rings. The van der Waals surface area contributed by atoms with E-state index in [0.29, 0.717) is 11.4 Å². The second-order valence-corrected chi connectivity index (χ2v) is 9.66. The number of aryl methyl sites for hydroxylation is 2. The van der Waals surface area contributed by atoms with Crippen molar-refractivity contribution < 1.29 is 22.7 Å². The van der Waals surface area contributed by atoms with E-state index in [2.05, 4.69) is 5.32 Å². The third-order valence-corrected chi connectivity index (χ3v) is 6.97. The van der Waals surface area contributed by atoms with Crippen molar-refractivity contribution in [2.75, 3.05) is 16.7 Å². The smallest absolute Gasteiger partial charge is 0.338 e. The normalized spacial score (nSPS) is 12.0. The molecule has 0 radical (unpaired) electrons. The van der Waals surface area contributed by atoms with Crippen LogP contribution >= 0.6 is 0 Å². The van der Waals surface area contributed by atoms with Crippen molar-refractivity contribution in [3.63, 3.8) is 0 Å². The first-order valence-electron chi connectivity index (χ1n) is 10.3. The van der Waals surface area contributed by atoms with Gasteiger partial charge in [-0.2, -0.15) is 0 Å². The Kier molecular flexibility index (Phi) is 7.18. The lowest BCUT2D eigenvalue weighted by Crippen LogP contribution is -2.30. The molecule has 3 aromatic rings. The molecule has 172 valence electrons. The molecular weight excluding hydrogens is 440 g/mol. The highest BCUT2D eigenvalue weighted by atomic mass is 32.2. The molecule has 1 atom stereocenters. The SMILES string of the molecule is Cc1ccc(C)c(NC(=O)C(C)OC(=O)c2ccc(S(=O)(=O)N(C)c3ccccc3)cc2)c1. The molecule has 0 heterocycles. The molecule has 3 rings (SSSR count). The second-order valence-electron chi connectivity index (χ2n) is 7.69. The van der Waals surface area contributed by atoms with Gasteiger partial charge in [0.05, 0.1) is 16.1 Å². The molecule has 0 aliphatic heterocycles. The molecule has 1 amide bonds. The number of rotatable bonds is 7. The molecule has 1 N–H and O–H groups in total. The number of hydrogen-bond acceptors (Lipinski definition) is 5. The number of nitrogens with zero attached hydrogens (tertiary/aromatic N) is 1. The highest BCUT2D eigenvalue weighted by Crippen LogP contribution is 2.22. The quantitative estimate of drug-likeness (QED) is 0.524. The first-order chi connectivity index (χ1) is 15.6. The second kappa shape index (κ2) is 9.87. The van der Waals surface area contributed by atoms with Crippen LogP contribution in [-0.2, 0) is 19.6 Å². The van der Waals surface area contributed by atoms with Gasteiger partial charge in [-0.15, -0.1) is 0 Å². The lowest BCUT2D eigenvalue weighted by molar-refractivity contribution is -0.123. The van der Waals surface area contributed by atoms with Crippen molar-refractivity contribution in [2.24, 2.45) is 0 Å². The van der Waals surface area contributed by atoms with Gasteiger partial charge in [0, 0.05) is 12.7 Å². The summed E-state index contributed by atoms with van der Waals surface area (Å²) in [4.78, 5) is 25.0. The molecule has 0 spiro atoms. The van der Waals surface area contributed by atoms with Crippen LogP contribution in [0.4, 0.5) is 11.4 Å². The highest BCUT2D eigenvalue weighted by molar-refractivity contribution is 7.92. The van der Waals surface area contributed by atoms with E-state index in [-0.39, 0.29) is 10.5 Å². The molecule has 0 saturated heterocycles. The van der Waals surface area contributed by atoms with Crippen LogP contribution in [-0.4, -0.2) is 33.4 Å². The van der Waals surface area contributed by atoms with Crippen LogP contribution in [0.5, 0.6) is 0 Å². The van der Waals surface area contributed by atoms with Gasteiger partial charge in [0.1, 0.15) is 0 Å². The molecule has 3 aromatic carbocycles. The Bertz CT molecular complexity index is 1260. The summed E-state index contributed by atoms with van der Waals surface area (Å²) in [6.07, 6.45) is -1.04. The van der Waals surface area contributed by atoms with E-state index < -0.39 is 28.0 Å². The van der Waals surface area contributed by atoms with Gasteiger partial charge in [-0.1, -0.05) is 30.3 Å². The Morgan fingerprint density at radius 3 is 2.21 bits per heavy atom. The summed E-state index contributed by atoms with van der Waals surface area (Å²) in [5.74, 6) is -1.18. The summed E-state index contributed by atoms with van der Waals surface area (Å²) >= 11 is 0. The Balaban J connectivity index is 1.67. The van der Waals surface area contributed by atoms with Crippen LogP contribution < -0.4 is 9.62 Å². The first kappa shape index (κ1) is 24.0. The number of nitrogens with one attached hydrogen (secondary N) is 1. The number of ether oxygens (including phenoxy) is 1. The topological polar surface area (TPSA) is 92.8 Å². The van der Waals surface area contributed by atoms with Gasteiger partial charge in [0.2, 0.25) is 0 Å². The summed E-state index contributed by atoms with van der Waals surface area (Å²) in [5.41, 5.74) is 3.20. The minimum absolute atomic E-state index is 0.0334. The molecule has 0 aliphatic carbocycles. The lowest BCUT2D eigenvalue weighted by atomic mass is 10.1. The third-order valence-electron chi connectivity index (χ3n) is 5.17. The van der Waals surface area contributed by atoms with E-state index >= 15 is 0 Å². The summed E-state index contributed by atoms with van der Waals surface area (Å²) in [7, 11) is -2.33. The zero-order valence-corrected chi connectivity index (χ0v) is 19.7. The highest BCUT2D eigenvalue weighted by Gasteiger charge is 2.23. The number of anilines is 2. The largest absolute Gasteiger partial charge is 0.449 e. The van der Waals surface area contributed by atoms with Crippen molar-refractivity contribution in [3.8, 4) is 0 Å². The Labute approximate surface area is 194 Å². The van der Waals surface area contributed by atoms with Gasteiger partial charge in [0.25, 0.3) is 15.9 Å². The van der Waals surface area contributed by atoms with E-state index in [1.807, 2.05) is 32.0 Å². The number of carbonyl (C=O) groups excluding carboxylic acids is 2. The van der Waals surface area contributed by atoms with Crippen LogP contribution in [0.1, 0.15) is 28.4 Å². The van der Waals surface area contributed by atoms with Gasteiger partial charge >= 0.3 is 5.97 Å². The summed E-state index contributed by atoms with van der Waals surface area (Å²) < 4.78 is 32.2. The molecule has 0 aromatic heterocycles. The molecule has 0 fully saturated rings. The van der Waals surface area contributed by atoms with Crippen molar-refractivity contribution in [2.45, 2.75) is 31.8 Å². The molecule has 0 saturated carbocycles. The summed E-state index contributed by atoms with van der Waals surface area (Å²) in [6, 6.07) is 19.8. The van der Waals surface area contributed by atoms with Crippen LogP contribution in [0.25, 0.3) is 0 Å². The van der Waals surface area contributed by atoms with Crippen LogP contribution in [0.2, 0.25) is 0 Å². The monoisotopic (exact) mass is 466 g/mol. The predicted molar refractivity (Wildman–Crippen MR) is 128 cm³/mol. The third kappa shape index (κ3) is 5.59. The number of hydrogen-bond donors (Lipinski definition) is 1. The van der Waals surface area contributed by atoms with Gasteiger partial charge < -0.3 is 10.1 Å². The fourth-order valence-corrected chi connectivity index (χ4v) is 4.28. The van der Waals surface area contributed by atoms with Gasteiger partial charge in [-0.25, -0.2) is 13.2 Å². The van der Waals surface area contributed by atoms with E-state index in [9.17, 15) is 18.0 Å². The average Bonchev–Trinajstić information content (AvgIpc) is 2.81. The van der Waals surface area contributed by atoms with Gasteiger partial charge in [-0.05, 0) is 74.4 Å². The van der Waals surface area contributed by atoms with Crippen molar-refractivity contribution in [3.05, 3.63) is 89.5 Å². The molecule has 33 heavy (non-hydrogen) atoms. The van der Waals surface area contributed by atoms with E-state index in [1.54, 1.807) is 30.3 Å². The van der Waals surface area contributed by atoms with Crippen molar-refractivity contribution in [1.82, 2.24) is 0 Å². The maximum absolute atomic E-state index is 12.9. The maximum Gasteiger partial charge on any atom is 0.338 e. The van der Waals surface area contributed by atoms with E-state index in [1.165, 1.54) is 42.5 Å². The standard InChI is InChI=1S/C25H26N2O5S/c1-17-10-11-18(2)23(16-17)26-24(28)19(3)32-25(29)20-12-14-22(15-13-20)33(30,31)27(4)21-8-6-5-7-9-21/h5-16,19H,1-4H3,(H,26,28). The fourth-order valence-electron chi connectivity index (χ4n) is 3.08. The molecule has 7 nitrogen and oxygen atoms in total. The number of para-hydroxylation sites is 1. The van der Waals surface area contributed by atoms with Crippen LogP contribution in [0.15, 0.2) is 77.7 Å². The van der Waals surface area contributed by atoms with Crippen molar-refractivity contribution >= 4 is 33.3 Å². The molecule has 8 heteroatoms. The van der Waals surface area contributed by atoms with Gasteiger partial charge in [0.15, 0.2) is 6.10 Å². The Morgan fingerprint density at radius 1 is 0.939 bits per heavy atom. The first-order valence-corrected chi connectivity index (χ1v) is 11.8. The average molecular weight is 467 g/mol. The maximum atomic E-state index is 12.9. The zero-order chi connectivity index (χ0) is 24.2. The number of carbonyl (C=O) groups is 2. The number of sulfonamides is 1. The van der Waals surface area contributed by atoms with Crippen LogP contribution in [0, 0.1) is 13.8 Å². The fraction of sp³-hybridized carbons (Fsp3) is 0.200. The van der Waals surface area contributed by atoms with E-state index in [0.717, 1.165) is 11.1 Å². The lowest BCUT2D eigenvalue weighted by Gasteiger charge is -2.19. The predicted octanol–water partition coefficient (Wildman–Crippen LogP) is 4.31. The number of benzene rings is 3. The molecule has 0 bridgehead atoms. The molecule has 1 unspecified atom stereocenters. The summed E-state index contributed by atoms with van der Waals surface area (Å²) in [6.45, 7) is 5.27. The minimum Gasteiger partial charge on any atom is -0.449 e. The Morgan fingerprint density at radius 2 is 1.58 bits per heavy atom. The summed E-state index contributed by atoms with van der Waals surface area (Å²) in [5, 5.41) is 2.76. The zero-order valence-electron chi connectivity index (χ0n) is 18.9. The molecular formula is C25H26N2O5S. The number of esters is 1. The van der Waals surface area contributed by atoms with E-state index in [4.69, 9.17) is 4.74 Å². The van der Waals surface area contributed by atoms with Gasteiger partial charge in [-0.3, -0.25) is 9.10 Å². The van der Waals surface area contributed by atoms with Crippen molar-refractivity contribution in [1.29, 1.82) is 0 Å². The minimum atomic E-state index is -3.80. The number of amides is 1. The Hall–Kier alpha value is -3.65. The van der Waals surface area contributed by atoms with Crippen LogP contribution in [0.3, 0.4) is 0 Å².